The Balaban J connectivity index is 1.36. The smallest absolute Gasteiger partial charge is 0.261 e. The molecule has 0 radical (unpaired) electrons. The first-order chi connectivity index (χ1) is 16.1. The van der Waals surface area contributed by atoms with Crippen LogP contribution in [-0.2, 0) is 20.2 Å². The molecule has 0 saturated carbocycles. The van der Waals surface area contributed by atoms with Gasteiger partial charge in [0, 0.05) is 24.9 Å². The molecule has 1 aromatic carbocycles. The van der Waals surface area contributed by atoms with Crippen LogP contribution in [0.15, 0.2) is 53.6 Å². The van der Waals surface area contributed by atoms with E-state index in [0.717, 1.165) is 12.1 Å². The van der Waals surface area contributed by atoms with Gasteiger partial charge in [0.1, 0.15) is 18.7 Å². The maximum atomic E-state index is 13.4. The lowest BCUT2D eigenvalue weighted by atomic mass is 10.2. The number of ether oxygens (including phenoxy) is 1. The third-order valence-electron chi connectivity index (χ3n) is 4.77. The first-order valence-electron chi connectivity index (χ1n) is 9.65. The number of nitrogens with zero attached hydrogens (tertiary/aromatic N) is 9. The molecule has 0 bridgehead atoms. The second kappa shape index (κ2) is 8.53. The van der Waals surface area contributed by atoms with Crippen molar-refractivity contribution >= 4 is 0 Å². The summed E-state index contributed by atoms with van der Waals surface area (Å²) < 4.78 is 40.8. The summed E-state index contributed by atoms with van der Waals surface area (Å²) in [4.78, 5) is 8.78. The lowest BCUT2D eigenvalue weighted by molar-refractivity contribution is 0.292. The molecule has 0 atom stereocenters. The van der Waals surface area contributed by atoms with Crippen LogP contribution in [0.5, 0.6) is 5.75 Å². The minimum atomic E-state index is -0.990. The monoisotopic (exact) mass is 451 g/mol. The van der Waals surface area contributed by atoms with Crippen molar-refractivity contribution in [3.63, 3.8) is 0 Å². The van der Waals surface area contributed by atoms with Crippen LogP contribution in [0.4, 0.5) is 8.78 Å². The van der Waals surface area contributed by atoms with Crippen molar-refractivity contribution in [2.45, 2.75) is 13.2 Å². The number of pyridine rings is 1. The van der Waals surface area contributed by atoms with Crippen molar-refractivity contribution in [1.82, 2.24) is 45.1 Å². The predicted octanol–water partition coefficient (Wildman–Crippen LogP) is 2.42. The molecule has 0 saturated heterocycles. The Morgan fingerprint density at radius 3 is 2.85 bits per heavy atom. The Labute approximate surface area is 184 Å². The summed E-state index contributed by atoms with van der Waals surface area (Å²) in [6, 6.07) is 6.89. The Bertz CT molecular complexity index is 1400. The van der Waals surface area contributed by atoms with Gasteiger partial charge in [0.15, 0.2) is 11.6 Å². The molecular weight excluding hydrogens is 436 g/mol. The maximum Gasteiger partial charge on any atom is 0.261 e. The van der Waals surface area contributed by atoms with Crippen LogP contribution in [0.2, 0.25) is 0 Å². The Kier molecular flexibility index (Phi) is 5.26. The molecule has 0 unspecified atom stereocenters. The molecular formula is C20H15F2N9O2. The van der Waals surface area contributed by atoms with Crippen LogP contribution in [-0.4, -0.2) is 45.1 Å². The van der Waals surface area contributed by atoms with Gasteiger partial charge in [-0.3, -0.25) is 9.67 Å². The number of hydrogen-bond donors (Lipinski definition) is 0. The summed E-state index contributed by atoms with van der Waals surface area (Å²) >= 11 is 0. The van der Waals surface area contributed by atoms with Gasteiger partial charge in [0.25, 0.3) is 5.89 Å². The zero-order valence-corrected chi connectivity index (χ0v) is 17.1. The molecule has 0 N–H and O–H groups in total. The summed E-state index contributed by atoms with van der Waals surface area (Å²) in [6.07, 6.45) is 4.69. The summed E-state index contributed by atoms with van der Waals surface area (Å²) in [5.41, 5.74) is 2.59. The fourth-order valence-corrected chi connectivity index (χ4v) is 3.10. The molecule has 4 heterocycles. The number of aryl methyl sites for hydroxylation is 1. The number of benzene rings is 1. The topological polar surface area (TPSA) is 122 Å². The highest BCUT2D eigenvalue weighted by molar-refractivity contribution is 5.61. The molecule has 0 amide bonds. The van der Waals surface area contributed by atoms with Crippen molar-refractivity contribution in [3.05, 3.63) is 72.1 Å². The highest BCUT2D eigenvalue weighted by atomic mass is 19.2. The van der Waals surface area contributed by atoms with Gasteiger partial charge in [-0.15, -0.1) is 5.10 Å². The molecule has 5 aromatic rings. The normalized spacial score (nSPS) is 11.1. The molecule has 11 nitrogen and oxygen atoms in total. The predicted molar refractivity (Wildman–Crippen MR) is 107 cm³/mol. The summed E-state index contributed by atoms with van der Waals surface area (Å²) in [6.45, 7) is 0.416. The second-order valence-corrected chi connectivity index (χ2v) is 6.96. The highest BCUT2D eigenvalue weighted by Crippen LogP contribution is 2.26. The van der Waals surface area contributed by atoms with E-state index < -0.39 is 11.6 Å². The number of rotatable bonds is 7. The van der Waals surface area contributed by atoms with Crippen molar-refractivity contribution in [2.24, 2.45) is 7.05 Å². The van der Waals surface area contributed by atoms with Crippen molar-refractivity contribution in [3.8, 4) is 28.6 Å². The van der Waals surface area contributed by atoms with E-state index in [9.17, 15) is 8.78 Å². The SMILES string of the molecule is Cn1ncc(-c2nc(-c3ccnc(Cn4cnnn4)c3)no2)c1COc1ccc(F)c(F)c1. The van der Waals surface area contributed by atoms with Gasteiger partial charge in [-0.2, -0.15) is 10.1 Å². The molecule has 166 valence electrons. The molecule has 0 aliphatic rings. The average Bonchev–Trinajstić information content (AvgIpc) is 3.56. The highest BCUT2D eigenvalue weighted by Gasteiger charge is 2.19. The van der Waals surface area contributed by atoms with Crippen molar-refractivity contribution in [1.29, 1.82) is 0 Å². The largest absolute Gasteiger partial charge is 0.487 e. The van der Waals surface area contributed by atoms with Crippen LogP contribution in [0.1, 0.15) is 11.4 Å². The Morgan fingerprint density at radius 1 is 1.12 bits per heavy atom. The van der Waals surface area contributed by atoms with Gasteiger partial charge < -0.3 is 9.26 Å². The minimum absolute atomic E-state index is 0.0277. The van der Waals surface area contributed by atoms with E-state index in [4.69, 9.17) is 9.26 Å². The second-order valence-electron chi connectivity index (χ2n) is 6.96. The maximum absolute atomic E-state index is 13.4. The number of tetrazole rings is 1. The number of aromatic nitrogens is 9. The molecule has 13 heteroatoms. The van der Waals surface area contributed by atoms with Gasteiger partial charge >= 0.3 is 0 Å². The van der Waals surface area contributed by atoms with E-state index in [1.54, 1.807) is 34.9 Å². The Morgan fingerprint density at radius 2 is 2.03 bits per heavy atom. The minimum Gasteiger partial charge on any atom is -0.487 e. The number of hydrogen-bond acceptors (Lipinski definition) is 9. The van der Waals surface area contributed by atoms with E-state index in [0.29, 0.717) is 34.9 Å². The van der Waals surface area contributed by atoms with Crippen LogP contribution in [0.25, 0.3) is 22.8 Å². The molecule has 5 rings (SSSR count). The zero-order valence-electron chi connectivity index (χ0n) is 17.1. The van der Waals surface area contributed by atoms with Gasteiger partial charge in [0.05, 0.1) is 29.7 Å². The fourth-order valence-electron chi connectivity index (χ4n) is 3.10. The Hall–Kier alpha value is -4.55. The molecule has 0 aliphatic heterocycles. The van der Waals surface area contributed by atoms with Crippen LogP contribution >= 0.6 is 0 Å². The summed E-state index contributed by atoms with van der Waals surface area (Å²) in [7, 11) is 1.72. The van der Waals surface area contributed by atoms with E-state index >= 15 is 0 Å². The van der Waals surface area contributed by atoms with Gasteiger partial charge in [-0.1, -0.05) is 5.16 Å². The van der Waals surface area contributed by atoms with Crippen LogP contribution in [0, 0.1) is 11.6 Å². The zero-order chi connectivity index (χ0) is 22.8. The summed E-state index contributed by atoms with van der Waals surface area (Å²) in [5.74, 6) is -1.16. The fraction of sp³-hybridized carbons (Fsp3) is 0.150. The molecule has 0 fully saturated rings. The standard InChI is InChI=1S/C20H15F2N9O2/c1-30-18(10-32-14-2-3-16(21)17(22)7-14)15(8-25-30)20-26-19(27-33-20)12-4-5-23-13(6-12)9-31-11-24-28-29-31/h2-8,11H,9-10H2,1H3. The average molecular weight is 451 g/mol. The quantitative estimate of drug-likeness (QED) is 0.367. The van der Waals surface area contributed by atoms with Crippen molar-refractivity contribution in [2.75, 3.05) is 0 Å². The molecule has 4 aromatic heterocycles. The van der Waals surface area contributed by atoms with Gasteiger partial charge in [-0.25, -0.2) is 13.5 Å². The molecule has 0 aliphatic carbocycles. The molecule has 0 spiro atoms. The first kappa shape index (κ1) is 20.4. The van der Waals surface area contributed by atoms with E-state index in [1.165, 1.54) is 12.4 Å². The summed E-state index contributed by atoms with van der Waals surface area (Å²) in [5, 5.41) is 19.3. The third-order valence-corrected chi connectivity index (χ3v) is 4.77. The third kappa shape index (κ3) is 4.28. The first-order valence-corrected chi connectivity index (χ1v) is 9.65. The van der Waals surface area contributed by atoms with E-state index in [1.807, 2.05) is 6.07 Å². The number of halogens is 2. The lowest BCUT2D eigenvalue weighted by Crippen LogP contribution is -2.05. The van der Waals surface area contributed by atoms with Crippen LogP contribution < -0.4 is 4.74 Å². The van der Waals surface area contributed by atoms with Gasteiger partial charge in [-0.05, 0) is 34.7 Å². The van der Waals surface area contributed by atoms with Crippen LogP contribution in [0.3, 0.4) is 0 Å². The van der Waals surface area contributed by atoms with Gasteiger partial charge in [0.2, 0.25) is 5.82 Å². The lowest BCUT2D eigenvalue weighted by Gasteiger charge is -2.08. The van der Waals surface area contributed by atoms with Crippen molar-refractivity contribution < 1.29 is 18.0 Å². The van der Waals surface area contributed by atoms with E-state index in [2.05, 4.69) is 35.7 Å². The van der Waals surface area contributed by atoms with E-state index in [-0.39, 0.29) is 18.2 Å². The molecule has 33 heavy (non-hydrogen) atoms.